The summed E-state index contributed by atoms with van der Waals surface area (Å²) in [5.74, 6) is 0.344. The smallest absolute Gasteiger partial charge is 0.118 e. The number of likely N-dealkylation sites (N-methyl/N-ethyl adjacent to an activating group) is 1. The third-order valence-corrected chi connectivity index (χ3v) is 4.43. The summed E-state index contributed by atoms with van der Waals surface area (Å²) in [5.41, 5.74) is 9.56. The van der Waals surface area contributed by atoms with Gasteiger partial charge in [0, 0.05) is 6.54 Å². The van der Waals surface area contributed by atoms with Crippen LogP contribution in [0.1, 0.15) is 29.5 Å². The molecule has 0 radical (unpaired) electrons. The quantitative estimate of drug-likeness (QED) is 0.834. The van der Waals surface area contributed by atoms with E-state index in [1.807, 2.05) is 44.0 Å². The molecule has 25 heavy (non-hydrogen) atoms. The fraction of sp³-hybridized carbons (Fsp3) is 0.381. The molecular weight excluding hydrogens is 312 g/mol. The summed E-state index contributed by atoms with van der Waals surface area (Å²) in [5, 5.41) is 9.53. The van der Waals surface area contributed by atoms with Gasteiger partial charge >= 0.3 is 0 Å². The third-order valence-electron chi connectivity index (χ3n) is 4.43. The number of piperidine rings is 1. The largest absolute Gasteiger partial charge is 0.508 e. The van der Waals surface area contributed by atoms with Gasteiger partial charge in [0.1, 0.15) is 12.5 Å². The Labute approximate surface area is 151 Å². The highest BCUT2D eigenvalue weighted by Gasteiger charge is 2.32. The molecule has 2 aromatic carbocycles. The summed E-state index contributed by atoms with van der Waals surface area (Å²) in [4.78, 5) is 10.3. The van der Waals surface area contributed by atoms with Crippen LogP contribution in [0.2, 0.25) is 0 Å². The molecule has 3 N–H and O–H groups in total. The zero-order valence-electron chi connectivity index (χ0n) is 15.5. The Morgan fingerprint density at radius 1 is 1.12 bits per heavy atom. The molecule has 1 saturated heterocycles. The van der Waals surface area contributed by atoms with Crippen molar-refractivity contribution in [2.45, 2.75) is 32.2 Å². The van der Waals surface area contributed by atoms with Gasteiger partial charge in [-0.2, -0.15) is 0 Å². The first-order valence-electron chi connectivity index (χ1n) is 8.49. The summed E-state index contributed by atoms with van der Waals surface area (Å²) >= 11 is 0. The second kappa shape index (κ2) is 9.97. The summed E-state index contributed by atoms with van der Waals surface area (Å²) in [6.45, 7) is 8.00. The van der Waals surface area contributed by atoms with E-state index in [2.05, 4.69) is 31.0 Å². The SMILES string of the molecule is C=O.Cc1cc(C2(N)CCCN(C)C2)ccc1O.Cc1ccccc1. The minimum Gasteiger partial charge on any atom is -0.508 e. The molecule has 1 aliphatic rings. The number of phenols is 1. The zero-order valence-corrected chi connectivity index (χ0v) is 15.5. The van der Waals surface area contributed by atoms with Crippen LogP contribution in [0.5, 0.6) is 5.75 Å². The number of carbonyl (C=O) groups is 1. The molecule has 0 bridgehead atoms. The van der Waals surface area contributed by atoms with Crippen molar-refractivity contribution < 1.29 is 9.90 Å². The molecule has 2 aromatic rings. The second-order valence-electron chi connectivity index (χ2n) is 6.65. The number of hydrogen-bond donors (Lipinski definition) is 2. The molecule has 0 aromatic heterocycles. The maximum absolute atomic E-state index is 9.53. The van der Waals surface area contributed by atoms with Gasteiger partial charge in [0.15, 0.2) is 0 Å². The van der Waals surface area contributed by atoms with E-state index in [4.69, 9.17) is 10.5 Å². The molecule has 1 aliphatic heterocycles. The Morgan fingerprint density at radius 3 is 2.24 bits per heavy atom. The number of likely N-dealkylation sites (tertiary alicyclic amines) is 1. The Balaban J connectivity index is 0.000000290. The Hall–Kier alpha value is -2.17. The Kier molecular flexibility index (Phi) is 8.32. The van der Waals surface area contributed by atoms with Gasteiger partial charge in [-0.15, -0.1) is 0 Å². The van der Waals surface area contributed by atoms with Crippen molar-refractivity contribution in [3.05, 3.63) is 65.2 Å². The van der Waals surface area contributed by atoms with Crippen LogP contribution < -0.4 is 5.73 Å². The van der Waals surface area contributed by atoms with Crippen molar-refractivity contribution in [2.75, 3.05) is 20.1 Å². The van der Waals surface area contributed by atoms with Crippen molar-refractivity contribution >= 4 is 6.79 Å². The second-order valence-corrected chi connectivity index (χ2v) is 6.65. The van der Waals surface area contributed by atoms with Crippen LogP contribution in [-0.2, 0) is 10.3 Å². The third kappa shape index (κ3) is 6.33. The lowest BCUT2D eigenvalue weighted by molar-refractivity contribution is -0.0979. The molecule has 0 saturated carbocycles. The van der Waals surface area contributed by atoms with E-state index in [0.717, 1.165) is 37.1 Å². The molecule has 1 heterocycles. The van der Waals surface area contributed by atoms with E-state index in [-0.39, 0.29) is 5.54 Å². The van der Waals surface area contributed by atoms with Gasteiger partial charge in [0.25, 0.3) is 0 Å². The number of phenolic OH excluding ortho intramolecular Hbond substituents is 1. The topological polar surface area (TPSA) is 66.6 Å². The molecule has 4 nitrogen and oxygen atoms in total. The molecule has 0 aliphatic carbocycles. The van der Waals surface area contributed by atoms with Crippen LogP contribution >= 0.6 is 0 Å². The molecule has 136 valence electrons. The van der Waals surface area contributed by atoms with Crippen molar-refractivity contribution in [1.29, 1.82) is 0 Å². The highest BCUT2D eigenvalue weighted by atomic mass is 16.3. The normalized spacial score (nSPS) is 19.8. The van der Waals surface area contributed by atoms with Gasteiger partial charge in [-0.25, -0.2) is 0 Å². The molecule has 1 fully saturated rings. The summed E-state index contributed by atoms with van der Waals surface area (Å²) in [7, 11) is 2.11. The van der Waals surface area contributed by atoms with E-state index in [1.54, 1.807) is 6.07 Å². The van der Waals surface area contributed by atoms with Crippen LogP contribution in [0.15, 0.2) is 48.5 Å². The van der Waals surface area contributed by atoms with E-state index in [0.29, 0.717) is 5.75 Å². The van der Waals surface area contributed by atoms with Gasteiger partial charge in [-0.05, 0) is 57.5 Å². The van der Waals surface area contributed by atoms with Crippen LogP contribution in [0.3, 0.4) is 0 Å². The Bertz CT molecular complexity index is 646. The van der Waals surface area contributed by atoms with E-state index in [1.165, 1.54) is 5.56 Å². The number of benzene rings is 2. The van der Waals surface area contributed by atoms with E-state index >= 15 is 0 Å². The fourth-order valence-electron chi connectivity index (χ4n) is 3.04. The number of rotatable bonds is 1. The number of nitrogens with two attached hydrogens (primary N) is 1. The predicted octanol–water partition coefficient (Wildman–Crippen LogP) is 3.39. The van der Waals surface area contributed by atoms with Crippen LogP contribution in [0.25, 0.3) is 0 Å². The van der Waals surface area contributed by atoms with Crippen molar-refractivity contribution in [1.82, 2.24) is 4.90 Å². The monoisotopic (exact) mass is 342 g/mol. The van der Waals surface area contributed by atoms with Gasteiger partial charge in [0.05, 0.1) is 5.54 Å². The summed E-state index contributed by atoms with van der Waals surface area (Å²) in [6, 6.07) is 16.0. The van der Waals surface area contributed by atoms with Crippen LogP contribution in [0.4, 0.5) is 0 Å². The molecule has 1 unspecified atom stereocenters. The highest BCUT2D eigenvalue weighted by Crippen LogP contribution is 2.30. The van der Waals surface area contributed by atoms with Crippen molar-refractivity contribution in [3.8, 4) is 5.75 Å². The summed E-state index contributed by atoms with van der Waals surface area (Å²) < 4.78 is 0. The van der Waals surface area contributed by atoms with Crippen LogP contribution in [-0.4, -0.2) is 36.9 Å². The minimum atomic E-state index is -0.258. The lowest BCUT2D eigenvalue weighted by Gasteiger charge is -2.39. The van der Waals surface area contributed by atoms with Gasteiger partial charge in [-0.1, -0.05) is 48.0 Å². The first kappa shape index (κ1) is 20.9. The maximum Gasteiger partial charge on any atom is 0.118 e. The number of hydrogen-bond acceptors (Lipinski definition) is 4. The number of carbonyl (C=O) groups excluding carboxylic acids is 1. The van der Waals surface area contributed by atoms with Gasteiger partial charge < -0.3 is 20.5 Å². The molecule has 0 amide bonds. The number of nitrogens with zero attached hydrogens (tertiary/aromatic N) is 1. The van der Waals surface area contributed by atoms with E-state index < -0.39 is 0 Å². The van der Waals surface area contributed by atoms with E-state index in [9.17, 15) is 5.11 Å². The standard InChI is InChI=1S/C13H20N2O.C7H8.CH2O/c1-10-8-11(4-5-12(10)16)13(14)6-3-7-15(2)9-13;1-7-5-3-2-4-6-7;1-2/h4-5,8,16H,3,6-7,9,14H2,1-2H3;2-6H,1H3;1H2. The molecular formula is C21H30N2O2. The first-order valence-corrected chi connectivity index (χ1v) is 8.49. The average Bonchev–Trinajstić information content (AvgIpc) is 2.60. The fourth-order valence-corrected chi connectivity index (χ4v) is 3.04. The number of aromatic hydroxyl groups is 1. The average molecular weight is 342 g/mol. The van der Waals surface area contributed by atoms with Crippen LogP contribution in [0, 0.1) is 13.8 Å². The van der Waals surface area contributed by atoms with Crippen molar-refractivity contribution in [2.24, 2.45) is 5.73 Å². The first-order chi connectivity index (χ1) is 11.9. The van der Waals surface area contributed by atoms with Gasteiger partial charge in [0.2, 0.25) is 0 Å². The Morgan fingerprint density at radius 2 is 1.76 bits per heavy atom. The molecule has 0 spiro atoms. The maximum atomic E-state index is 9.53. The van der Waals surface area contributed by atoms with Gasteiger partial charge in [-0.3, -0.25) is 0 Å². The van der Waals surface area contributed by atoms with Crippen molar-refractivity contribution in [3.63, 3.8) is 0 Å². The highest BCUT2D eigenvalue weighted by molar-refractivity contribution is 5.38. The lowest BCUT2D eigenvalue weighted by Crippen LogP contribution is -2.50. The number of aryl methyl sites for hydroxylation is 2. The molecule has 4 heteroatoms. The summed E-state index contributed by atoms with van der Waals surface area (Å²) in [6.07, 6.45) is 2.15. The lowest BCUT2D eigenvalue weighted by atomic mass is 9.83. The predicted molar refractivity (Wildman–Crippen MR) is 104 cm³/mol. The molecule has 3 rings (SSSR count). The zero-order chi connectivity index (χ0) is 18.9. The minimum absolute atomic E-state index is 0.258. The molecule has 1 atom stereocenters.